The van der Waals surface area contributed by atoms with E-state index in [1.165, 1.54) is 4.68 Å². The van der Waals surface area contributed by atoms with Crippen LogP contribution < -0.4 is 0 Å². The van der Waals surface area contributed by atoms with Crippen LogP contribution >= 0.6 is 0 Å². The van der Waals surface area contributed by atoms with E-state index in [4.69, 9.17) is 0 Å². The molecule has 4 heteroatoms. The van der Waals surface area contributed by atoms with E-state index in [-0.39, 0.29) is 0 Å². The highest BCUT2D eigenvalue weighted by Gasteiger charge is 1.93. The molecule has 0 bridgehead atoms. The second kappa shape index (κ2) is 2.91. The molecular weight excluding hydrogens is 128 g/mol. The lowest BCUT2D eigenvalue weighted by molar-refractivity contribution is 0.886. The van der Waals surface area contributed by atoms with Crippen molar-refractivity contribution in [1.29, 1.82) is 0 Å². The second-order valence-corrected chi connectivity index (χ2v) is 1.63. The molecule has 0 aliphatic rings. The normalized spacial score (nSPS) is 10.5. The van der Waals surface area contributed by atoms with E-state index in [9.17, 15) is 0 Å². The number of hydrogen-bond donors (Lipinski definition) is 0. The van der Waals surface area contributed by atoms with E-state index < -0.39 is 0 Å². The highest BCUT2D eigenvalue weighted by atomic mass is 15.4. The minimum absolute atomic E-state index is 0.692. The third-order valence-corrected chi connectivity index (χ3v) is 1.01. The molecule has 0 spiro atoms. The van der Waals surface area contributed by atoms with Crippen LogP contribution in [0.4, 0.5) is 5.82 Å². The number of aliphatic imine (C=N–C) groups is 1. The lowest BCUT2D eigenvalue weighted by atomic mass is 10.7. The average Bonchev–Trinajstić information content (AvgIpc) is 2.36. The van der Waals surface area contributed by atoms with Crippen LogP contribution in [-0.2, 0) is 0 Å². The Balaban J connectivity index is 3.00. The van der Waals surface area contributed by atoms with Crippen LogP contribution in [0.15, 0.2) is 22.6 Å². The minimum Gasteiger partial charge on any atom is -0.241 e. The highest BCUT2D eigenvalue weighted by molar-refractivity contribution is 5.58. The van der Waals surface area contributed by atoms with Crippen molar-refractivity contribution in [2.45, 2.75) is 6.92 Å². The van der Waals surface area contributed by atoms with Crippen molar-refractivity contribution in [3.63, 3.8) is 0 Å². The van der Waals surface area contributed by atoms with Crippen LogP contribution in [0.5, 0.6) is 0 Å². The first-order chi connectivity index (χ1) is 4.88. The molecule has 0 atom stereocenters. The maximum atomic E-state index is 3.98. The predicted molar refractivity (Wildman–Crippen MR) is 41.0 cm³/mol. The molecule has 0 N–H and O–H groups in total. The smallest absolute Gasteiger partial charge is 0.173 e. The Bertz CT molecular complexity index is 248. The Hall–Kier alpha value is -1.45. The summed E-state index contributed by atoms with van der Waals surface area (Å²) in [7, 11) is 0. The Morgan fingerprint density at radius 1 is 1.80 bits per heavy atom. The van der Waals surface area contributed by atoms with Gasteiger partial charge in [-0.15, -0.1) is 0 Å². The predicted octanol–water partition coefficient (Wildman–Crippen LogP) is 1.07. The van der Waals surface area contributed by atoms with E-state index in [2.05, 4.69) is 21.8 Å². The summed E-state index contributed by atoms with van der Waals surface area (Å²) in [5.74, 6) is 0.692. The van der Waals surface area contributed by atoms with Crippen LogP contribution in [0.2, 0.25) is 0 Å². The second-order valence-electron chi connectivity index (χ2n) is 1.63. The number of imidazole rings is 1. The van der Waals surface area contributed by atoms with Gasteiger partial charge < -0.3 is 0 Å². The minimum atomic E-state index is 0.692. The number of hydrogen-bond acceptors (Lipinski definition) is 3. The molecule has 10 heavy (non-hydrogen) atoms. The van der Waals surface area contributed by atoms with Gasteiger partial charge in [-0.1, -0.05) is 0 Å². The zero-order valence-electron chi connectivity index (χ0n) is 5.73. The van der Waals surface area contributed by atoms with Gasteiger partial charge in [0, 0.05) is 12.9 Å². The maximum Gasteiger partial charge on any atom is 0.173 e. The number of rotatable bonds is 2. The summed E-state index contributed by atoms with van der Waals surface area (Å²) in [4.78, 5) is 7.81. The summed E-state index contributed by atoms with van der Waals surface area (Å²) in [6.07, 6.45) is 4.85. The van der Waals surface area contributed by atoms with Crippen molar-refractivity contribution in [1.82, 2.24) is 9.66 Å². The van der Waals surface area contributed by atoms with Gasteiger partial charge in [0.05, 0.1) is 6.20 Å². The van der Waals surface area contributed by atoms with Crippen LogP contribution in [-0.4, -0.2) is 22.6 Å². The molecule has 0 aliphatic carbocycles. The third kappa shape index (κ3) is 1.10. The third-order valence-electron chi connectivity index (χ3n) is 1.01. The van der Waals surface area contributed by atoms with Crippen LogP contribution in [0, 0.1) is 0 Å². The van der Waals surface area contributed by atoms with Gasteiger partial charge in [-0.25, -0.2) is 14.7 Å². The van der Waals surface area contributed by atoms with E-state index in [1.54, 1.807) is 18.7 Å². The standard InChI is InChI=1S/C6H8N4/c1-3-9-6-4-8-5-10(6)7-2/h3-5H,2H2,1H3/b9-3-. The number of nitrogens with zero attached hydrogens (tertiary/aromatic N) is 4. The van der Waals surface area contributed by atoms with Gasteiger partial charge in [0.2, 0.25) is 0 Å². The van der Waals surface area contributed by atoms with Crippen molar-refractivity contribution >= 4 is 18.7 Å². The van der Waals surface area contributed by atoms with E-state index in [0.717, 1.165) is 0 Å². The quantitative estimate of drug-likeness (QED) is 0.561. The van der Waals surface area contributed by atoms with Gasteiger partial charge >= 0.3 is 0 Å². The Labute approximate surface area is 58.9 Å². The van der Waals surface area contributed by atoms with Crippen LogP contribution in [0.25, 0.3) is 0 Å². The summed E-state index contributed by atoms with van der Waals surface area (Å²) in [6, 6.07) is 0. The molecule has 0 saturated carbocycles. The molecule has 52 valence electrons. The van der Waals surface area contributed by atoms with Crippen molar-refractivity contribution < 1.29 is 0 Å². The van der Waals surface area contributed by atoms with Crippen LogP contribution in [0.1, 0.15) is 6.92 Å². The molecule has 0 amide bonds. The molecule has 0 saturated heterocycles. The molecule has 1 aromatic rings. The first-order valence-electron chi connectivity index (χ1n) is 2.86. The summed E-state index contributed by atoms with van der Waals surface area (Å²) in [6.45, 7) is 5.18. The fourth-order valence-electron chi connectivity index (χ4n) is 0.615. The molecule has 0 fully saturated rings. The molecule has 0 unspecified atom stereocenters. The van der Waals surface area contributed by atoms with E-state index in [0.29, 0.717) is 5.82 Å². The summed E-state index contributed by atoms with van der Waals surface area (Å²) >= 11 is 0. The monoisotopic (exact) mass is 136 g/mol. The van der Waals surface area contributed by atoms with Gasteiger partial charge in [0.1, 0.15) is 6.33 Å². The topological polar surface area (TPSA) is 42.5 Å². The fraction of sp³-hybridized carbons (Fsp3) is 0.167. The average molecular weight is 136 g/mol. The maximum absolute atomic E-state index is 3.98. The Morgan fingerprint density at radius 2 is 2.60 bits per heavy atom. The SMILES string of the molecule is C=Nn1cncc1/N=C\C. The Kier molecular flexibility index (Phi) is 1.94. The molecule has 1 aromatic heterocycles. The lowest BCUT2D eigenvalue weighted by Crippen LogP contribution is -1.81. The molecule has 0 aromatic carbocycles. The summed E-state index contributed by atoms with van der Waals surface area (Å²) in [5.41, 5.74) is 0. The molecule has 1 rings (SSSR count). The van der Waals surface area contributed by atoms with Crippen molar-refractivity contribution in [2.75, 3.05) is 0 Å². The highest BCUT2D eigenvalue weighted by Crippen LogP contribution is 2.08. The van der Waals surface area contributed by atoms with Gasteiger partial charge in [0.15, 0.2) is 5.82 Å². The summed E-state index contributed by atoms with van der Waals surface area (Å²) < 4.78 is 1.50. The molecule has 1 heterocycles. The molecule has 4 nitrogen and oxygen atoms in total. The fourth-order valence-corrected chi connectivity index (χ4v) is 0.615. The zero-order chi connectivity index (χ0) is 7.40. The van der Waals surface area contributed by atoms with Gasteiger partial charge in [-0.05, 0) is 6.92 Å². The number of aromatic nitrogens is 2. The summed E-state index contributed by atoms with van der Waals surface area (Å²) in [5, 5.41) is 3.64. The van der Waals surface area contributed by atoms with Crippen molar-refractivity contribution in [2.24, 2.45) is 10.1 Å². The lowest BCUT2D eigenvalue weighted by Gasteiger charge is -1.90. The first-order valence-corrected chi connectivity index (χ1v) is 2.86. The molecule has 0 radical (unpaired) electrons. The Morgan fingerprint density at radius 3 is 3.20 bits per heavy atom. The van der Waals surface area contributed by atoms with Crippen molar-refractivity contribution in [3.8, 4) is 0 Å². The largest absolute Gasteiger partial charge is 0.241 e. The first kappa shape index (κ1) is 6.67. The molecular formula is C6H8N4. The van der Waals surface area contributed by atoms with E-state index in [1.807, 2.05) is 6.92 Å². The zero-order valence-corrected chi connectivity index (χ0v) is 5.73. The van der Waals surface area contributed by atoms with Crippen LogP contribution in [0.3, 0.4) is 0 Å². The van der Waals surface area contributed by atoms with Gasteiger partial charge in [-0.2, -0.15) is 5.10 Å². The molecule has 0 aliphatic heterocycles. The van der Waals surface area contributed by atoms with Gasteiger partial charge in [-0.3, -0.25) is 0 Å². The van der Waals surface area contributed by atoms with Crippen molar-refractivity contribution in [3.05, 3.63) is 12.5 Å². The van der Waals surface area contributed by atoms with E-state index >= 15 is 0 Å². The van der Waals surface area contributed by atoms with Gasteiger partial charge in [0.25, 0.3) is 0 Å².